The highest BCUT2D eigenvalue weighted by atomic mass is 32.2. The van der Waals surface area contributed by atoms with Gasteiger partial charge in [-0.15, -0.1) is 22.0 Å². The van der Waals surface area contributed by atoms with Crippen molar-refractivity contribution in [2.24, 2.45) is 0 Å². The molecule has 1 heterocycles. The molecule has 1 aromatic carbocycles. The summed E-state index contributed by atoms with van der Waals surface area (Å²) in [6, 6.07) is 7.47. The topological polar surface area (TPSA) is 80.9 Å². The Hall–Kier alpha value is -1.25. The van der Waals surface area contributed by atoms with E-state index in [2.05, 4.69) is 22.4 Å². The maximum atomic E-state index is 12.1. The van der Waals surface area contributed by atoms with Crippen LogP contribution in [0.4, 0.5) is 10.8 Å². The molecular formula is C13H16N4OS3. The summed E-state index contributed by atoms with van der Waals surface area (Å²) in [6.07, 6.45) is 0. The number of nitrogens with one attached hydrogen (secondary N) is 1. The van der Waals surface area contributed by atoms with Crippen molar-refractivity contribution in [2.75, 3.05) is 16.8 Å². The van der Waals surface area contributed by atoms with Crippen molar-refractivity contribution >= 4 is 51.6 Å². The first kappa shape index (κ1) is 16.1. The third-order valence-corrected chi connectivity index (χ3v) is 5.43. The van der Waals surface area contributed by atoms with E-state index in [0.29, 0.717) is 10.8 Å². The molecule has 0 saturated carbocycles. The van der Waals surface area contributed by atoms with Gasteiger partial charge in [-0.05, 0) is 36.9 Å². The summed E-state index contributed by atoms with van der Waals surface area (Å²) in [5.74, 6) is 0.854. The molecule has 0 fully saturated rings. The van der Waals surface area contributed by atoms with Gasteiger partial charge in [-0.2, -0.15) is 0 Å². The van der Waals surface area contributed by atoms with Crippen LogP contribution in [0.2, 0.25) is 0 Å². The first-order valence-corrected chi connectivity index (χ1v) is 9.06. The number of aromatic nitrogens is 2. The molecule has 0 saturated heterocycles. The third kappa shape index (κ3) is 4.90. The van der Waals surface area contributed by atoms with Crippen LogP contribution in [0, 0.1) is 0 Å². The maximum Gasteiger partial charge on any atom is 0.239 e. The number of hydrogen-bond acceptors (Lipinski definition) is 7. The summed E-state index contributed by atoms with van der Waals surface area (Å²) in [6.45, 7) is 3.91. The minimum Gasteiger partial charge on any atom is -0.399 e. The van der Waals surface area contributed by atoms with Gasteiger partial charge in [0.1, 0.15) is 0 Å². The predicted molar refractivity (Wildman–Crippen MR) is 91.1 cm³/mol. The van der Waals surface area contributed by atoms with Gasteiger partial charge in [0.15, 0.2) is 4.34 Å². The molecule has 1 atom stereocenters. The lowest BCUT2D eigenvalue weighted by molar-refractivity contribution is -0.115. The first-order chi connectivity index (χ1) is 10.1. The van der Waals surface area contributed by atoms with E-state index >= 15 is 0 Å². The Kier molecular flexibility index (Phi) is 5.89. The number of carbonyl (C=O) groups is 1. The fourth-order valence-electron chi connectivity index (χ4n) is 1.45. The van der Waals surface area contributed by atoms with Crippen LogP contribution >= 0.6 is 34.9 Å². The van der Waals surface area contributed by atoms with Crippen LogP contribution in [0.15, 0.2) is 33.5 Å². The predicted octanol–water partition coefficient (Wildman–Crippen LogP) is 3.35. The molecule has 0 radical (unpaired) electrons. The van der Waals surface area contributed by atoms with Crippen molar-refractivity contribution in [2.45, 2.75) is 28.3 Å². The molecule has 0 spiro atoms. The number of anilines is 2. The molecule has 0 bridgehead atoms. The van der Waals surface area contributed by atoms with E-state index in [9.17, 15) is 4.79 Å². The molecule has 0 aliphatic carbocycles. The van der Waals surface area contributed by atoms with E-state index in [1.165, 1.54) is 23.1 Å². The first-order valence-electron chi connectivity index (χ1n) is 6.38. The van der Waals surface area contributed by atoms with Crippen LogP contribution in [-0.4, -0.2) is 27.1 Å². The lowest BCUT2D eigenvalue weighted by atomic mass is 10.3. The molecule has 0 aliphatic heterocycles. The second kappa shape index (κ2) is 7.67. The summed E-state index contributed by atoms with van der Waals surface area (Å²) in [5, 5.41) is 11.1. The quantitative estimate of drug-likeness (QED) is 0.477. The van der Waals surface area contributed by atoms with Crippen LogP contribution in [0.25, 0.3) is 0 Å². The largest absolute Gasteiger partial charge is 0.399 e. The fourth-order valence-corrected chi connectivity index (χ4v) is 3.97. The molecule has 1 amide bonds. The monoisotopic (exact) mass is 340 g/mol. The van der Waals surface area contributed by atoms with Gasteiger partial charge >= 0.3 is 0 Å². The van der Waals surface area contributed by atoms with E-state index in [1.54, 1.807) is 11.8 Å². The highest BCUT2D eigenvalue weighted by molar-refractivity contribution is 8.01. The molecule has 3 N–H and O–H groups in total. The van der Waals surface area contributed by atoms with Gasteiger partial charge in [0, 0.05) is 10.6 Å². The second-order valence-electron chi connectivity index (χ2n) is 4.12. The standard InChI is InChI=1S/C13H16N4OS3/c1-3-19-13-17-16-12(21-13)15-11(18)8(2)20-10-6-4-9(14)5-7-10/h4-8H,3,14H2,1-2H3,(H,15,16,18)/t8-/m1/s1. The zero-order valence-corrected chi connectivity index (χ0v) is 14.1. The van der Waals surface area contributed by atoms with E-state index in [1.807, 2.05) is 31.2 Å². The number of thioether (sulfide) groups is 2. The smallest absolute Gasteiger partial charge is 0.239 e. The van der Waals surface area contributed by atoms with Crippen molar-refractivity contribution in [3.05, 3.63) is 24.3 Å². The number of nitrogens with two attached hydrogens (primary N) is 1. The zero-order valence-electron chi connectivity index (χ0n) is 11.7. The summed E-state index contributed by atoms with van der Waals surface area (Å²) >= 11 is 4.49. The number of benzene rings is 1. The number of hydrogen-bond donors (Lipinski definition) is 2. The second-order valence-corrected chi connectivity index (χ2v) is 8.03. The SMILES string of the molecule is CCSc1nnc(NC(=O)[C@@H](C)Sc2ccc(N)cc2)s1. The molecule has 2 aromatic rings. The molecule has 8 heteroatoms. The Morgan fingerprint density at radius 3 is 2.76 bits per heavy atom. The van der Waals surface area contributed by atoms with Gasteiger partial charge in [-0.1, -0.05) is 30.0 Å². The third-order valence-electron chi connectivity index (χ3n) is 2.47. The van der Waals surface area contributed by atoms with Crippen LogP contribution in [0.1, 0.15) is 13.8 Å². The Labute approximate surface area is 136 Å². The van der Waals surface area contributed by atoms with Crippen molar-refractivity contribution in [1.29, 1.82) is 0 Å². The Bertz CT molecular complexity index is 600. The number of rotatable bonds is 6. The van der Waals surface area contributed by atoms with Crippen molar-refractivity contribution in [1.82, 2.24) is 10.2 Å². The summed E-state index contributed by atoms with van der Waals surface area (Å²) in [5.41, 5.74) is 6.36. The molecule has 0 unspecified atom stereocenters. The van der Waals surface area contributed by atoms with E-state index in [-0.39, 0.29) is 11.2 Å². The van der Waals surface area contributed by atoms with E-state index in [4.69, 9.17) is 5.73 Å². The van der Waals surface area contributed by atoms with Crippen molar-refractivity contribution in [3.63, 3.8) is 0 Å². The average molecular weight is 340 g/mol. The average Bonchev–Trinajstić information content (AvgIpc) is 2.89. The number of nitrogen functional groups attached to an aromatic ring is 1. The lowest BCUT2D eigenvalue weighted by Crippen LogP contribution is -2.22. The molecule has 2 rings (SSSR count). The highest BCUT2D eigenvalue weighted by Gasteiger charge is 2.16. The van der Waals surface area contributed by atoms with Gasteiger partial charge in [-0.25, -0.2) is 0 Å². The van der Waals surface area contributed by atoms with Gasteiger partial charge in [0.05, 0.1) is 5.25 Å². The Morgan fingerprint density at radius 2 is 2.10 bits per heavy atom. The molecule has 5 nitrogen and oxygen atoms in total. The van der Waals surface area contributed by atoms with E-state index in [0.717, 1.165) is 15.0 Å². The van der Waals surface area contributed by atoms with Crippen LogP contribution in [0.3, 0.4) is 0 Å². The summed E-state index contributed by atoms with van der Waals surface area (Å²) in [7, 11) is 0. The highest BCUT2D eigenvalue weighted by Crippen LogP contribution is 2.27. The van der Waals surface area contributed by atoms with Gasteiger partial charge in [0.25, 0.3) is 0 Å². The molecule has 0 aliphatic rings. The number of carbonyl (C=O) groups excluding carboxylic acids is 1. The van der Waals surface area contributed by atoms with Crippen molar-refractivity contribution in [3.8, 4) is 0 Å². The van der Waals surface area contributed by atoms with Gasteiger partial charge in [-0.3, -0.25) is 10.1 Å². The minimum absolute atomic E-state index is 0.0824. The zero-order chi connectivity index (χ0) is 15.2. The van der Waals surface area contributed by atoms with Crippen LogP contribution < -0.4 is 11.1 Å². The maximum absolute atomic E-state index is 12.1. The van der Waals surface area contributed by atoms with Crippen LogP contribution in [-0.2, 0) is 4.79 Å². The normalized spacial score (nSPS) is 12.1. The number of amides is 1. The molecule has 1 aromatic heterocycles. The Balaban J connectivity index is 1.90. The van der Waals surface area contributed by atoms with Gasteiger partial charge < -0.3 is 5.73 Å². The summed E-state index contributed by atoms with van der Waals surface area (Å²) < 4.78 is 0.867. The lowest BCUT2D eigenvalue weighted by Gasteiger charge is -2.10. The van der Waals surface area contributed by atoms with Crippen LogP contribution in [0.5, 0.6) is 0 Å². The fraction of sp³-hybridized carbons (Fsp3) is 0.308. The summed E-state index contributed by atoms with van der Waals surface area (Å²) in [4.78, 5) is 13.1. The van der Waals surface area contributed by atoms with Crippen molar-refractivity contribution < 1.29 is 4.79 Å². The Morgan fingerprint density at radius 1 is 1.38 bits per heavy atom. The molecule has 21 heavy (non-hydrogen) atoms. The number of nitrogens with zero attached hydrogens (tertiary/aromatic N) is 2. The minimum atomic E-state index is -0.222. The molecular weight excluding hydrogens is 324 g/mol. The molecule has 112 valence electrons. The van der Waals surface area contributed by atoms with E-state index < -0.39 is 0 Å². The van der Waals surface area contributed by atoms with Gasteiger partial charge in [0.2, 0.25) is 11.0 Å².